The first-order valence-electron chi connectivity index (χ1n) is 19.2. The van der Waals surface area contributed by atoms with Crippen molar-refractivity contribution in [3.63, 3.8) is 0 Å². The summed E-state index contributed by atoms with van der Waals surface area (Å²) in [6, 6.07) is 48.4. The van der Waals surface area contributed by atoms with E-state index in [9.17, 15) is 0 Å². The fourth-order valence-corrected chi connectivity index (χ4v) is 12.4. The number of furan rings is 1. The molecule has 0 saturated heterocycles. The van der Waals surface area contributed by atoms with Gasteiger partial charge in [0.2, 0.25) is 0 Å². The predicted molar refractivity (Wildman–Crippen MR) is 209 cm³/mol. The van der Waals surface area contributed by atoms with Gasteiger partial charge in [-0.3, -0.25) is 0 Å². The second-order valence-corrected chi connectivity index (χ2v) is 17.0. The third-order valence-corrected chi connectivity index (χ3v) is 14.2. The van der Waals surface area contributed by atoms with Gasteiger partial charge in [0.1, 0.15) is 11.2 Å². The van der Waals surface area contributed by atoms with E-state index < -0.39 is 0 Å². The summed E-state index contributed by atoms with van der Waals surface area (Å²) < 4.78 is 6.33. The van der Waals surface area contributed by atoms with Crippen molar-refractivity contribution in [1.29, 1.82) is 0 Å². The molecule has 4 saturated carbocycles. The fourth-order valence-electron chi connectivity index (χ4n) is 12.4. The van der Waals surface area contributed by atoms with Crippen LogP contribution in [0.25, 0.3) is 44.2 Å². The van der Waals surface area contributed by atoms with Gasteiger partial charge < -0.3 is 9.32 Å². The zero-order valence-corrected chi connectivity index (χ0v) is 29.3. The van der Waals surface area contributed by atoms with Crippen LogP contribution >= 0.6 is 0 Å². The first kappa shape index (κ1) is 28.6. The molecule has 1 heterocycles. The first-order chi connectivity index (χ1) is 25.0. The van der Waals surface area contributed by atoms with Crippen LogP contribution in [0.3, 0.4) is 0 Å². The van der Waals surface area contributed by atoms with Gasteiger partial charge >= 0.3 is 0 Å². The molecule has 7 aromatic rings. The van der Waals surface area contributed by atoms with Gasteiger partial charge in [-0.25, -0.2) is 0 Å². The van der Waals surface area contributed by atoms with Crippen LogP contribution in [-0.2, 0) is 10.8 Å². The zero-order chi connectivity index (χ0) is 33.6. The summed E-state index contributed by atoms with van der Waals surface area (Å²) in [7, 11) is 0. The lowest BCUT2D eigenvalue weighted by atomic mass is 9.43. The van der Waals surface area contributed by atoms with E-state index in [-0.39, 0.29) is 10.8 Å². The number of para-hydroxylation sites is 1. The van der Waals surface area contributed by atoms with Crippen molar-refractivity contribution in [2.75, 3.05) is 4.90 Å². The molecular weight excluding hydrogens is 619 g/mol. The molecule has 4 fully saturated rings. The quantitative estimate of drug-likeness (QED) is 0.188. The highest BCUT2D eigenvalue weighted by Crippen LogP contribution is 2.69. The molecule has 4 bridgehead atoms. The summed E-state index contributed by atoms with van der Waals surface area (Å²) in [4.78, 5) is 2.54. The van der Waals surface area contributed by atoms with Crippen molar-refractivity contribution < 1.29 is 4.42 Å². The van der Waals surface area contributed by atoms with Crippen LogP contribution in [0.1, 0.15) is 68.2 Å². The standard InChI is InChI=1S/C49H41NO/c1-48(2)42-12-6-3-9-36(42)38-18-15-34(27-44(38)48)50(33-17-20-47-41(26-33)40-11-5-8-14-46(40)51-47)35-16-19-39-37-10-4-7-13-43(37)49(45(39)28-35)31-22-29-21-30(24-31)25-32(49)23-29/h3-20,26-32H,21-25H2,1-2H3. The Morgan fingerprint density at radius 1 is 0.471 bits per heavy atom. The van der Waals surface area contributed by atoms with Crippen LogP contribution in [-0.4, -0.2) is 0 Å². The minimum absolute atomic E-state index is 0.0810. The van der Waals surface area contributed by atoms with Crippen LogP contribution in [0.15, 0.2) is 132 Å². The third-order valence-electron chi connectivity index (χ3n) is 14.2. The molecule has 0 radical (unpaired) electrons. The minimum Gasteiger partial charge on any atom is -0.456 e. The number of benzene rings is 6. The summed E-state index contributed by atoms with van der Waals surface area (Å²) >= 11 is 0. The zero-order valence-electron chi connectivity index (χ0n) is 29.3. The summed E-state index contributed by atoms with van der Waals surface area (Å²) in [5.41, 5.74) is 17.2. The fraction of sp³-hybridized carbons (Fsp3) is 0.265. The van der Waals surface area contributed by atoms with Crippen molar-refractivity contribution in [3.8, 4) is 22.3 Å². The van der Waals surface area contributed by atoms with E-state index >= 15 is 0 Å². The molecule has 0 aliphatic heterocycles. The molecule has 2 nitrogen and oxygen atoms in total. The Balaban J connectivity index is 1.09. The van der Waals surface area contributed by atoms with Gasteiger partial charge in [-0.05, 0) is 149 Å². The Bertz CT molecular complexity index is 2570. The van der Waals surface area contributed by atoms with Crippen molar-refractivity contribution in [3.05, 3.63) is 150 Å². The second-order valence-electron chi connectivity index (χ2n) is 17.0. The predicted octanol–water partition coefficient (Wildman–Crippen LogP) is 13.1. The monoisotopic (exact) mass is 659 g/mol. The number of hydrogen-bond donors (Lipinski definition) is 0. The van der Waals surface area contributed by atoms with Gasteiger partial charge in [-0.1, -0.05) is 92.7 Å². The largest absolute Gasteiger partial charge is 0.456 e. The lowest BCUT2D eigenvalue weighted by Crippen LogP contribution is -2.55. The molecule has 0 unspecified atom stereocenters. The highest BCUT2D eigenvalue weighted by molar-refractivity contribution is 6.06. The van der Waals surface area contributed by atoms with Crippen LogP contribution in [0.5, 0.6) is 0 Å². The van der Waals surface area contributed by atoms with Gasteiger partial charge in [0, 0.05) is 38.7 Å². The highest BCUT2D eigenvalue weighted by Gasteiger charge is 2.61. The Kier molecular flexibility index (Phi) is 5.51. The Morgan fingerprint density at radius 2 is 1.00 bits per heavy atom. The molecule has 1 spiro atoms. The molecule has 51 heavy (non-hydrogen) atoms. The molecule has 2 heteroatoms. The molecular formula is C49H41NO. The average molecular weight is 660 g/mol. The highest BCUT2D eigenvalue weighted by atomic mass is 16.3. The van der Waals surface area contributed by atoms with E-state index in [2.05, 4.69) is 146 Å². The topological polar surface area (TPSA) is 16.4 Å². The average Bonchev–Trinajstić information content (AvgIpc) is 3.74. The van der Waals surface area contributed by atoms with Crippen molar-refractivity contribution in [2.45, 2.75) is 56.8 Å². The number of nitrogens with zero attached hydrogens (tertiary/aromatic N) is 1. The van der Waals surface area contributed by atoms with Crippen LogP contribution in [0, 0.1) is 23.7 Å². The number of fused-ring (bicyclic) bond motifs is 9. The van der Waals surface area contributed by atoms with Crippen molar-refractivity contribution in [1.82, 2.24) is 0 Å². The van der Waals surface area contributed by atoms with E-state index in [0.29, 0.717) is 0 Å². The van der Waals surface area contributed by atoms with E-state index in [1.165, 1.54) is 76.9 Å². The molecule has 6 aliphatic carbocycles. The smallest absolute Gasteiger partial charge is 0.135 e. The van der Waals surface area contributed by atoms with Gasteiger partial charge in [-0.2, -0.15) is 0 Å². The number of anilines is 3. The van der Waals surface area contributed by atoms with Gasteiger partial charge in [-0.15, -0.1) is 0 Å². The van der Waals surface area contributed by atoms with Gasteiger partial charge in [0.15, 0.2) is 0 Å². The molecule has 1 aromatic heterocycles. The first-order valence-corrected chi connectivity index (χ1v) is 19.2. The molecule has 6 aromatic carbocycles. The Hall–Kier alpha value is -5.08. The Labute approximate surface area is 299 Å². The molecule has 6 aliphatic rings. The molecule has 248 valence electrons. The molecule has 13 rings (SSSR count). The maximum absolute atomic E-state index is 6.33. The van der Waals surface area contributed by atoms with Gasteiger partial charge in [0.05, 0.1) is 0 Å². The molecule has 0 atom stereocenters. The molecule has 0 amide bonds. The normalized spacial score (nSPS) is 25.7. The summed E-state index contributed by atoms with van der Waals surface area (Å²) in [5.74, 6) is 3.30. The van der Waals surface area contributed by atoms with Crippen molar-refractivity contribution >= 4 is 39.0 Å². The van der Waals surface area contributed by atoms with Crippen LogP contribution < -0.4 is 4.90 Å². The Morgan fingerprint density at radius 3 is 1.75 bits per heavy atom. The summed E-state index contributed by atoms with van der Waals surface area (Å²) in [6.45, 7) is 4.77. The van der Waals surface area contributed by atoms with E-state index in [1.807, 2.05) is 0 Å². The van der Waals surface area contributed by atoms with E-state index in [1.54, 1.807) is 11.1 Å². The second kappa shape index (κ2) is 9.82. The summed E-state index contributed by atoms with van der Waals surface area (Å²) in [6.07, 6.45) is 7.02. The van der Waals surface area contributed by atoms with Crippen LogP contribution in [0.4, 0.5) is 17.1 Å². The van der Waals surface area contributed by atoms with E-state index in [0.717, 1.165) is 51.3 Å². The lowest BCUT2D eigenvalue weighted by Gasteiger charge is -2.61. The maximum atomic E-state index is 6.33. The molecule has 0 N–H and O–H groups in total. The SMILES string of the molecule is CC1(C)c2ccccc2-c2ccc(N(c3ccc4c(c3)C3(c5ccccc5-4)C4CC5CC(C4)CC3C5)c3ccc4oc5ccccc5c4c3)cc21. The third kappa shape index (κ3) is 3.63. The lowest BCUT2D eigenvalue weighted by molar-refractivity contribution is -0.0399. The van der Waals surface area contributed by atoms with Gasteiger partial charge in [0.25, 0.3) is 0 Å². The number of rotatable bonds is 3. The maximum Gasteiger partial charge on any atom is 0.135 e. The van der Waals surface area contributed by atoms with Crippen LogP contribution in [0.2, 0.25) is 0 Å². The minimum atomic E-state index is -0.0810. The van der Waals surface area contributed by atoms with E-state index in [4.69, 9.17) is 4.42 Å². The number of hydrogen-bond acceptors (Lipinski definition) is 2. The van der Waals surface area contributed by atoms with Crippen molar-refractivity contribution in [2.24, 2.45) is 23.7 Å². The summed E-state index contributed by atoms with van der Waals surface area (Å²) in [5, 5.41) is 2.32.